The summed E-state index contributed by atoms with van der Waals surface area (Å²) in [6.45, 7) is 1.52. The summed E-state index contributed by atoms with van der Waals surface area (Å²) in [5.74, 6) is -0.543. The van der Waals surface area contributed by atoms with E-state index in [1.54, 1.807) is 0 Å². The summed E-state index contributed by atoms with van der Waals surface area (Å²) in [5.41, 5.74) is 3.39. The minimum absolute atomic E-state index is 0.290. The summed E-state index contributed by atoms with van der Waals surface area (Å²) in [4.78, 5) is 26.0. The van der Waals surface area contributed by atoms with E-state index >= 15 is 0 Å². The first-order chi connectivity index (χ1) is 12.8. The highest BCUT2D eigenvalue weighted by Gasteiger charge is 2.22. The minimum Gasteiger partial charge on any atom is -0.273 e. The molecule has 1 aromatic carbocycles. The van der Waals surface area contributed by atoms with Gasteiger partial charge in [-0.2, -0.15) is 0 Å². The van der Waals surface area contributed by atoms with Gasteiger partial charge in [-0.25, -0.2) is 8.42 Å². The number of aryl methyl sites for hydroxylation is 3. The number of carbonyl (C=O) groups is 1. The van der Waals surface area contributed by atoms with Crippen molar-refractivity contribution in [2.24, 2.45) is 0 Å². The van der Waals surface area contributed by atoms with Crippen molar-refractivity contribution >= 4 is 33.0 Å². The van der Waals surface area contributed by atoms with Gasteiger partial charge in [-0.1, -0.05) is 12.5 Å². The first-order valence-electron chi connectivity index (χ1n) is 8.47. The summed E-state index contributed by atoms with van der Waals surface area (Å²) in [6.07, 6.45) is 5.21. The molecule has 10 heteroatoms. The Morgan fingerprint density at radius 3 is 2.67 bits per heavy atom. The molecule has 1 aromatic heterocycles. The number of hydrazine groups is 1. The average Bonchev–Trinajstić information content (AvgIpc) is 2.90. The molecule has 0 unspecified atom stereocenters. The number of nitro groups is 1. The van der Waals surface area contributed by atoms with Gasteiger partial charge in [-0.15, -0.1) is 16.2 Å². The lowest BCUT2D eigenvalue weighted by molar-refractivity contribution is -0.385. The molecule has 1 amide bonds. The molecule has 0 spiro atoms. The molecule has 0 radical (unpaired) electrons. The van der Waals surface area contributed by atoms with Gasteiger partial charge in [0.05, 0.1) is 14.7 Å². The molecule has 27 heavy (non-hydrogen) atoms. The second kappa shape index (κ2) is 7.75. The van der Waals surface area contributed by atoms with Crippen molar-refractivity contribution in [2.45, 2.75) is 43.9 Å². The van der Waals surface area contributed by atoms with Gasteiger partial charge in [0.1, 0.15) is 0 Å². The monoisotopic (exact) mass is 409 g/mol. The number of fused-ring (bicyclic) bond motifs is 1. The maximum Gasteiger partial charge on any atom is 0.276 e. The van der Waals surface area contributed by atoms with E-state index < -0.39 is 20.9 Å². The van der Waals surface area contributed by atoms with Crippen LogP contribution in [0.25, 0.3) is 0 Å². The number of nitrogens with one attached hydrogen (secondary N) is 2. The van der Waals surface area contributed by atoms with Crippen LogP contribution in [0.15, 0.2) is 29.2 Å². The molecule has 0 saturated heterocycles. The van der Waals surface area contributed by atoms with E-state index in [-0.39, 0.29) is 10.6 Å². The van der Waals surface area contributed by atoms with Gasteiger partial charge in [0.2, 0.25) is 0 Å². The van der Waals surface area contributed by atoms with Crippen molar-refractivity contribution in [1.82, 2.24) is 10.3 Å². The topological polar surface area (TPSA) is 118 Å². The lowest BCUT2D eigenvalue weighted by Gasteiger charge is -2.08. The Labute approximate surface area is 160 Å². The van der Waals surface area contributed by atoms with Crippen LogP contribution in [-0.4, -0.2) is 19.2 Å². The fraction of sp³-hybridized carbons (Fsp3) is 0.353. The van der Waals surface area contributed by atoms with Gasteiger partial charge < -0.3 is 0 Å². The quantitative estimate of drug-likeness (QED) is 0.447. The number of thiophene rings is 1. The predicted molar refractivity (Wildman–Crippen MR) is 101 cm³/mol. The highest BCUT2D eigenvalue weighted by Crippen LogP contribution is 2.29. The minimum atomic E-state index is -4.13. The van der Waals surface area contributed by atoms with Crippen molar-refractivity contribution in [1.29, 1.82) is 0 Å². The summed E-state index contributed by atoms with van der Waals surface area (Å²) in [5, 5.41) is 11.0. The lowest BCUT2D eigenvalue weighted by atomic mass is 10.1. The fourth-order valence-corrected chi connectivity index (χ4v) is 4.97. The van der Waals surface area contributed by atoms with Crippen LogP contribution in [0.3, 0.4) is 0 Å². The third-order valence-electron chi connectivity index (χ3n) is 4.46. The van der Waals surface area contributed by atoms with Gasteiger partial charge in [-0.3, -0.25) is 20.3 Å². The average molecular weight is 409 g/mol. The second-order valence-electron chi connectivity index (χ2n) is 6.38. The zero-order chi connectivity index (χ0) is 19.6. The van der Waals surface area contributed by atoms with Crippen molar-refractivity contribution in [2.75, 3.05) is 0 Å². The second-order valence-corrected chi connectivity index (χ2v) is 9.20. The molecule has 8 nitrogen and oxygen atoms in total. The van der Waals surface area contributed by atoms with Gasteiger partial charge in [0, 0.05) is 16.5 Å². The summed E-state index contributed by atoms with van der Waals surface area (Å²) >= 11 is 1.38. The van der Waals surface area contributed by atoms with Crippen LogP contribution < -0.4 is 10.3 Å². The van der Waals surface area contributed by atoms with Crippen LogP contribution in [0, 0.1) is 17.0 Å². The molecule has 1 aliphatic rings. The van der Waals surface area contributed by atoms with Crippen molar-refractivity contribution in [3.63, 3.8) is 0 Å². The van der Waals surface area contributed by atoms with Crippen LogP contribution in [0.2, 0.25) is 0 Å². The van der Waals surface area contributed by atoms with Gasteiger partial charge >= 0.3 is 0 Å². The third-order valence-corrected chi connectivity index (χ3v) is 6.94. The van der Waals surface area contributed by atoms with Crippen LogP contribution in [-0.2, 0) is 22.9 Å². The number of carbonyl (C=O) groups excluding carboxylic acids is 1. The van der Waals surface area contributed by atoms with E-state index in [1.165, 1.54) is 41.7 Å². The summed E-state index contributed by atoms with van der Waals surface area (Å²) in [6, 6.07) is 5.39. The number of hydrogen-bond acceptors (Lipinski definition) is 6. The largest absolute Gasteiger partial charge is 0.276 e. The number of benzene rings is 1. The van der Waals surface area contributed by atoms with E-state index in [0.717, 1.165) is 37.3 Å². The van der Waals surface area contributed by atoms with E-state index in [9.17, 15) is 23.3 Å². The van der Waals surface area contributed by atoms with Gasteiger partial charge in [-0.05, 0) is 50.3 Å². The van der Waals surface area contributed by atoms with Crippen LogP contribution in [0.5, 0.6) is 0 Å². The van der Waals surface area contributed by atoms with Gasteiger partial charge in [0.15, 0.2) is 0 Å². The highest BCUT2D eigenvalue weighted by molar-refractivity contribution is 7.89. The predicted octanol–water partition coefficient (Wildman–Crippen LogP) is 2.86. The first kappa shape index (κ1) is 19.5. The Balaban J connectivity index is 1.73. The number of nitrogens with zero attached hydrogens (tertiary/aromatic N) is 1. The van der Waals surface area contributed by atoms with Crippen molar-refractivity contribution in [3.8, 4) is 0 Å². The molecule has 2 aromatic rings. The van der Waals surface area contributed by atoms with Crippen molar-refractivity contribution in [3.05, 3.63) is 55.3 Å². The zero-order valence-electron chi connectivity index (χ0n) is 14.6. The Morgan fingerprint density at radius 1 is 1.19 bits per heavy atom. The first-order valence-corrected chi connectivity index (χ1v) is 10.8. The molecule has 144 valence electrons. The number of nitro benzene ring substituents is 1. The van der Waals surface area contributed by atoms with Crippen molar-refractivity contribution < 1.29 is 18.1 Å². The molecule has 2 N–H and O–H groups in total. The molecule has 0 atom stereocenters. The molecule has 3 rings (SSSR count). The third kappa shape index (κ3) is 4.34. The smallest absolute Gasteiger partial charge is 0.273 e. The summed E-state index contributed by atoms with van der Waals surface area (Å²) < 4.78 is 24.7. The molecule has 0 saturated carbocycles. The fourth-order valence-electron chi connectivity index (χ4n) is 2.97. The lowest BCUT2D eigenvalue weighted by Crippen LogP contribution is -2.41. The number of sulfonamides is 1. The van der Waals surface area contributed by atoms with E-state index in [1.807, 2.05) is 10.9 Å². The Bertz CT molecular complexity index is 974. The normalized spacial score (nSPS) is 14.3. The molecule has 1 heterocycles. The summed E-state index contributed by atoms with van der Waals surface area (Å²) in [7, 11) is -4.13. The standard InChI is InChI=1S/C17H19N3O5S2/c1-11-7-8-13(10-14(11)20(22)23)27(24,25)19-18-17(21)16-9-12-5-3-2-4-6-15(12)26-16/h7-10,19H,2-6H2,1H3,(H,18,21). The van der Waals surface area contributed by atoms with Gasteiger partial charge in [0.25, 0.3) is 21.6 Å². The number of rotatable bonds is 5. The van der Waals surface area contributed by atoms with E-state index in [0.29, 0.717) is 10.4 Å². The van der Waals surface area contributed by atoms with E-state index in [2.05, 4.69) is 5.43 Å². The highest BCUT2D eigenvalue weighted by atomic mass is 32.2. The maximum absolute atomic E-state index is 12.3. The van der Waals surface area contributed by atoms with Crippen LogP contribution >= 0.6 is 11.3 Å². The Hall–Kier alpha value is -2.30. The van der Waals surface area contributed by atoms with E-state index in [4.69, 9.17) is 0 Å². The molecular formula is C17H19N3O5S2. The number of hydrogen-bond donors (Lipinski definition) is 2. The molecule has 0 aliphatic heterocycles. The SMILES string of the molecule is Cc1ccc(S(=O)(=O)NNC(=O)c2cc3c(s2)CCCCC3)cc1[N+](=O)[O-]. The molecule has 1 aliphatic carbocycles. The van der Waals surface area contributed by atoms with Crippen LogP contribution in [0.4, 0.5) is 5.69 Å². The van der Waals surface area contributed by atoms with Crippen LogP contribution in [0.1, 0.15) is 44.9 Å². The Morgan fingerprint density at radius 2 is 1.93 bits per heavy atom. The maximum atomic E-state index is 12.3. The Kier molecular flexibility index (Phi) is 5.59. The number of amides is 1. The molecule has 0 bridgehead atoms. The molecular weight excluding hydrogens is 390 g/mol. The zero-order valence-corrected chi connectivity index (χ0v) is 16.3. The molecule has 0 fully saturated rings.